The molecule has 1 heteroatoms. The molecular formula is C14H21N. The molecule has 82 valence electrons. The third-order valence-corrected chi connectivity index (χ3v) is 3.72. The Balaban J connectivity index is 2.18. The van der Waals surface area contributed by atoms with Gasteiger partial charge in [0.2, 0.25) is 0 Å². The zero-order valence-electron chi connectivity index (χ0n) is 9.79. The van der Waals surface area contributed by atoms with Crippen molar-refractivity contribution in [1.29, 1.82) is 0 Å². The summed E-state index contributed by atoms with van der Waals surface area (Å²) >= 11 is 0. The van der Waals surface area contributed by atoms with Crippen molar-refractivity contribution in [3.63, 3.8) is 0 Å². The van der Waals surface area contributed by atoms with Gasteiger partial charge in [0.05, 0.1) is 0 Å². The average Bonchev–Trinajstić information content (AvgIpc) is 2.22. The van der Waals surface area contributed by atoms with Crippen molar-refractivity contribution in [2.75, 3.05) is 0 Å². The third-order valence-electron chi connectivity index (χ3n) is 3.72. The van der Waals surface area contributed by atoms with E-state index in [9.17, 15) is 0 Å². The van der Waals surface area contributed by atoms with Gasteiger partial charge in [0.1, 0.15) is 0 Å². The molecule has 0 saturated heterocycles. The van der Waals surface area contributed by atoms with Crippen LogP contribution in [-0.2, 0) is 0 Å². The van der Waals surface area contributed by atoms with Gasteiger partial charge in [0, 0.05) is 6.04 Å². The van der Waals surface area contributed by atoms with Crippen molar-refractivity contribution in [1.82, 2.24) is 0 Å². The maximum atomic E-state index is 6.03. The van der Waals surface area contributed by atoms with Gasteiger partial charge in [-0.1, -0.05) is 24.6 Å². The molecule has 1 aromatic rings. The minimum Gasteiger partial charge on any atom is -0.328 e. The molecule has 2 rings (SSSR count). The lowest BCUT2D eigenvalue weighted by molar-refractivity contribution is 0.393. The third kappa shape index (κ3) is 2.40. The molecule has 0 bridgehead atoms. The Hall–Kier alpha value is -0.820. The second-order valence-electron chi connectivity index (χ2n) is 4.97. The van der Waals surface area contributed by atoms with Gasteiger partial charge in [0.25, 0.3) is 0 Å². The quantitative estimate of drug-likeness (QED) is 0.744. The van der Waals surface area contributed by atoms with E-state index in [-0.39, 0.29) is 0 Å². The van der Waals surface area contributed by atoms with Crippen LogP contribution in [0.4, 0.5) is 0 Å². The van der Waals surface area contributed by atoms with Crippen LogP contribution in [-0.4, -0.2) is 6.04 Å². The number of nitrogens with two attached hydrogens (primary N) is 1. The summed E-state index contributed by atoms with van der Waals surface area (Å²) in [6, 6.07) is 7.29. The molecule has 0 radical (unpaired) electrons. The van der Waals surface area contributed by atoms with Crippen molar-refractivity contribution in [2.45, 2.75) is 51.5 Å². The van der Waals surface area contributed by atoms with Crippen molar-refractivity contribution < 1.29 is 0 Å². The van der Waals surface area contributed by atoms with Crippen LogP contribution in [0.3, 0.4) is 0 Å². The van der Waals surface area contributed by atoms with Gasteiger partial charge < -0.3 is 5.73 Å². The van der Waals surface area contributed by atoms with Crippen LogP contribution in [0, 0.1) is 13.8 Å². The molecule has 1 fully saturated rings. The highest BCUT2D eigenvalue weighted by molar-refractivity contribution is 5.32. The summed E-state index contributed by atoms with van der Waals surface area (Å²) in [6.07, 6.45) is 4.98. The van der Waals surface area contributed by atoms with Crippen LogP contribution in [0.2, 0.25) is 0 Å². The molecule has 1 nitrogen and oxygen atoms in total. The first-order valence-electron chi connectivity index (χ1n) is 5.99. The van der Waals surface area contributed by atoms with E-state index < -0.39 is 0 Å². The average molecular weight is 203 g/mol. The van der Waals surface area contributed by atoms with E-state index in [0.717, 1.165) is 0 Å². The van der Waals surface area contributed by atoms with E-state index in [2.05, 4.69) is 32.0 Å². The lowest BCUT2D eigenvalue weighted by Gasteiger charge is -2.27. The first-order valence-corrected chi connectivity index (χ1v) is 5.99. The van der Waals surface area contributed by atoms with Crippen LogP contribution >= 0.6 is 0 Å². The van der Waals surface area contributed by atoms with Crippen LogP contribution in [0.1, 0.15) is 48.3 Å². The fraction of sp³-hybridized carbons (Fsp3) is 0.571. The van der Waals surface area contributed by atoms with Crippen molar-refractivity contribution >= 4 is 0 Å². The lowest BCUT2D eigenvalue weighted by Crippen LogP contribution is -2.26. The van der Waals surface area contributed by atoms with E-state index in [1.807, 2.05) is 0 Å². The molecule has 15 heavy (non-hydrogen) atoms. The van der Waals surface area contributed by atoms with Crippen LogP contribution < -0.4 is 5.73 Å². The van der Waals surface area contributed by atoms with Crippen molar-refractivity contribution in [3.05, 3.63) is 34.9 Å². The van der Waals surface area contributed by atoms with E-state index in [0.29, 0.717) is 12.0 Å². The first kappa shape index (κ1) is 10.7. The summed E-state index contributed by atoms with van der Waals surface area (Å²) in [5, 5.41) is 0. The van der Waals surface area contributed by atoms with Gasteiger partial charge in [-0.25, -0.2) is 0 Å². The monoisotopic (exact) mass is 203 g/mol. The van der Waals surface area contributed by atoms with Gasteiger partial charge in [-0.05, 0) is 55.7 Å². The number of rotatable bonds is 1. The Labute approximate surface area is 92.7 Å². The number of hydrogen-bond acceptors (Lipinski definition) is 1. The van der Waals surface area contributed by atoms with Crippen LogP contribution in [0.5, 0.6) is 0 Å². The highest BCUT2D eigenvalue weighted by Gasteiger charge is 2.20. The Kier molecular flexibility index (Phi) is 3.11. The predicted molar refractivity (Wildman–Crippen MR) is 65.1 cm³/mol. The summed E-state index contributed by atoms with van der Waals surface area (Å²) in [5.74, 6) is 0.702. The van der Waals surface area contributed by atoms with Gasteiger partial charge in [0.15, 0.2) is 0 Å². The Morgan fingerprint density at radius 3 is 2.60 bits per heavy atom. The molecule has 2 unspecified atom stereocenters. The summed E-state index contributed by atoms with van der Waals surface area (Å²) in [4.78, 5) is 0. The molecular weight excluding hydrogens is 182 g/mol. The summed E-state index contributed by atoms with van der Waals surface area (Å²) in [7, 11) is 0. The Bertz CT molecular complexity index is 343. The van der Waals surface area contributed by atoms with Crippen molar-refractivity contribution in [2.24, 2.45) is 5.73 Å². The number of hydrogen-bond donors (Lipinski definition) is 1. The SMILES string of the molecule is Cc1ccc(C2CCCC(N)C2)cc1C. The Morgan fingerprint density at radius 2 is 1.93 bits per heavy atom. The molecule has 1 aliphatic carbocycles. The molecule has 0 heterocycles. The molecule has 2 N–H and O–H groups in total. The maximum absolute atomic E-state index is 6.03. The highest BCUT2D eigenvalue weighted by Crippen LogP contribution is 2.32. The first-order chi connectivity index (χ1) is 7.16. The Morgan fingerprint density at radius 1 is 1.13 bits per heavy atom. The molecule has 0 spiro atoms. The largest absolute Gasteiger partial charge is 0.328 e. The molecule has 0 aliphatic heterocycles. The standard InChI is InChI=1S/C14H21N/c1-10-6-7-13(8-11(10)2)12-4-3-5-14(15)9-12/h6-8,12,14H,3-5,9,15H2,1-2H3. The smallest absolute Gasteiger partial charge is 0.00446 e. The fourth-order valence-corrected chi connectivity index (χ4v) is 2.55. The summed E-state index contributed by atoms with van der Waals surface area (Å²) in [6.45, 7) is 4.37. The molecule has 0 amide bonds. The van der Waals surface area contributed by atoms with Crippen LogP contribution in [0.15, 0.2) is 18.2 Å². The minimum absolute atomic E-state index is 0.422. The van der Waals surface area contributed by atoms with E-state index in [1.54, 1.807) is 0 Å². The topological polar surface area (TPSA) is 26.0 Å². The van der Waals surface area contributed by atoms with E-state index in [4.69, 9.17) is 5.73 Å². The highest BCUT2D eigenvalue weighted by atomic mass is 14.6. The van der Waals surface area contributed by atoms with E-state index >= 15 is 0 Å². The normalized spacial score (nSPS) is 26.6. The summed E-state index contributed by atoms with van der Waals surface area (Å²) < 4.78 is 0. The van der Waals surface area contributed by atoms with Gasteiger partial charge in [-0.15, -0.1) is 0 Å². The molecule has 1 aliphatic rings. The second kappa shape index (κ2) is 4.36. The predicted octanol–water partition coefficient (Wildman–Crippen LogP) is 3.29. The fourth-order valence-electron chi connectivity index (χ4n) is 2.55. The number of aryl methyl sites for hydroxylation is 2. The number of benzene rings is 1. The van der Waals surface area contributed by atoms with Gasteiger partial charge in [-0.2, -0.15) is 0 Å². The van der Waals surface area contributed by atoms with Gasteiger partial charge >= 0.3 is 0 Å². The molecule has 1 aromatic carbocycles. The lowest BCUT2D eigenvalue weighted by atomic mass is 9.81. The zero-order valence-corrected chi connectivity index (χ0v) is 9.79. The maximum Gasteiger partial charge on any atom is 0.00446 e. The zero-order chi connectivity index (χ0) is 10.8. The molecule has 0 aromatic heterocycles. The summed E-state index contributed by atoms with van der Waals surface area (Å²) in [5.41, 5.74) is 10.3. The minimum atomic E-state index is 0.422. The van der Waals surface area contributed by atoms with Gasteiger partial charge in [-0.3, -0.25) is 0 Å². The van der Waals surface area contributed by atoms with E-state index in [1.165, 1.54) is 42.4 Å². The molecule has 2 atom stereocenters. The molecule has 1 saturated carbocycles. The van der Waals surface area contributed by atoms with Crippen molar-refractivity contribution in [3.8, 4) is 0 Å². The second-order valence-corrected chi connectivity index (χ2v) is 4.97. The van der Waals surface area contributed by atoms with Crippen LogP contribution in [0.25, 0.3) is 0 Å².